The predicted octanol–water partition coefficient (Wildman–Crippen LogP) is 1.64. The molecule has 0 heterocycles. The van der Waals surface area contributed by atoms with Gasteiger partial charge in [0.05, 0.1) is 7.11 Å². The Morgan fingerprint density at radius 1 is 1.31 bits per heavy atom. The van der Waals surface area contributed by atoms with E-state index in [1.807, 2.05) is 0 Å². The fourth-order valence-corrected chi connectivity index (χ4v) is 2.00. The van der Waals surface area contributed by atoms with Crippen LogP contribution >= 0.6 is 0 Å². The summed E-state index contributed by atoms with van der Waals surface area (Å²) < 4.78 is 5.28. The van der Waals surface area contributed by atoms with E-state index in [4.69, 9.17) is 10.5 Å². The number of methoxy groups -OCH3 is 1. The second-order valence-corrected chi connectivity index (χ2v) is 3.49. The van der Waals surface area contributed by atoms with Gasteiger partial charge in [0.2, 0.25) is 0 Å². The summed E-state index contributed by atoms with van der Waals surface area (Å²) in [5, 5.41) is 0. The molecule has 2 nitrogen and oxygen atoms in total. The van der Waals surface area contributed by atoms with Crippen molar-refractivity contribution in [2.45, 2.75) is 25.8 Å². The van der Waals surface area contributed by atoms with Crippen molar-refractivity contribution < 1.29 is 4.74 Å². The van der Waals surface area contributed by atoms with Crippen molar-refractivity contribution >= 4 is 0 Å². The molecule has 0 spiro atoms. The van der Waals surface area contributed by atoms with Crippen LogP contribution in [0.1, 0.15) is 23.1 Å². The van der Waals surface area contributed by atoms with Crippen molar-refractivity contribution in [3.63, 3.8) is 0 Å². The van der Waals surface area contributed by atoms with E-state index in [-0.39, 0.29) is 0 Å². The summed E-state index contributed by atoms with van der Waals surface area (Å²) in [5.41, 5.74) is 9.67. The zero-order valence-corrected chi connectivity index (χ0v) is 7.97. The number of aryl methyl sites for hydroxylation is 2. The molecule has 0 amide bonds. The van der Waals surface area contributed by atoms with Crippen molar-refractivity contribution in [2.24, 2.45) is 5.73 Å². The van der Waals surface area contributed by atoms with Crippen LogP contribution in [0.25, 0.3) is 0 Å². The monoisotopic (exact) mass is 177 g/mol. The fourth-order valence-electron chi connectivity index (χ4n) is 2.00. The molecule has 0 radical (unpaired) electrons. The minimum atomic E-state index is 0.566. The Labute approximate surface area is 78.7 Å². The smallest absolute Gasteiger partial charge is 0.123 e. The molecule has 0 aromatic heterocycles. The van der Waals surface area contributed by atoms with Crippen molar-refractivity contribution in [1.29, 1.82) is 0 Å². The highest BCUT2D eigenvalue weighted by Gasteiger charge is 2.13. The second kappa shape index (κ2) is 3.38. The van der Waals surface area contributed by atoms with E-state index in [1.54, 1.807) is 7.11 Å². The summed E-state index contributed by atoms with van der Waals surface area (Å²) in [6.07, 6.45) is 3.66. The lowest BCUT2D eigenvalue weighted by molar-refractivity contribution is 0.409. The molecule has 0 bridgehead atoms. The van der Waals surface area contributed by atoms with Gasteiger partial charge in [-0.05, 0) is 36.5 Å². The molecule has 0 aliphatic heterocycles. The van der Waals surface area contributed by atoms with Crippen LogP contribution in [-0.4, -0.2) is 7.11 Å². The molecule has 1 aromatic rings. The molecule has 70 valence electrons. The van der Waals surface area contributed by atoms with Gasteiger partial charge in [-0.25, -0.2) is 0 Å². The van der Waals surface area contributed by atoms with Crippen LogP contribution in [0.2, 0.25) is 0 Å². The molecule has 0 fully saturated rings. The average molecular weight is 177 g/mol. The maximum Gasteiger partial charge on any atom is 0.123 e. The van der Waals surface area contributed by atoms with Gasteiger partial charge in [-0.1, -0.05) is 6.07 Å². The van der Waals surface area contributed by atoms with E-state index in [1.165, 1.54) is 30.4 Å². The van der Waals surface area contributed by atoms with E-state index in [0.29, 0.717) is 6.54 Å². The fraction of sp³-hybridized carbons (Fsp3) is 0.455. The number of hydrogen-bond acceptors (Lipinski definition) is 2. The SMILES string of the molecule is COc1cc2c(cc1CN)CCC2. The highest BCUT2D eigenvalue weighted by atomic mass is 16.5. The van der Waals surface area contributed by atoms with Crippen LogP contribution in [0.3, 0.4) is 0 Å². The van der Waals surface area contributed by atoms with Crippen molar-refractivity contribution in [3.8, 4) is 5.75 Å². The Kier molecular flexibility index (Phi) is 2.23. The molecular weight excluding hydrogens is 162 g/mol. The Morgan fingerprint density at radius 3 is 2.62 bits per heavy atom. The Morgan fingerprint density at radius 2 is 2.00 bits per heavy atom. The summed E-state index contributed by atoms with van der Waals surface area (Å²) in [4.78, 5) is 0. The first kappa shape index (κ1) is 8.57. The average Bonchev–Trinajstić information content (AvgIpc) is 2.62. The maximum absolute atomic E-state index is 5.64. The molecule has 13 heavy (non-hydrogen) atoms. The van der Waals surface area contributed by atoms with Gasteiger partial charge in [0, 0.05) is 12.1 Å². The molecule has 1 aromatic carbocycles. The van der Waals surface area contributed by atoms with Gasteiger partial charge in [-0.3, -0.25) is 0 Å². The van der Waals surface area contributed by atoms with E-state index in [2.05, 4.69) is 12.1 Å². The van der Waals surface area contributed by atoms with Crippen LogP contribution in [-0.2, 0) is 19.4 Å². The normalized spacial score (nSPS) is 14.3. The number of rotatable bonds is 2. The van der Waals surface area contributed by atoms with E-state index < -0.39 is 0 Å². The first-order valence-corrected chi connectivity index (χ1v) is 4.74. The maximum atomic E-state index is 5.64. The lowest BCUT2D eigenvalue weighted by Crippen LogP contribution is -2.01. The molecule has 1 aliphatic rings. The zero-order chi connectivity index (χ0) is 9.26. The molecule has 1 aliphatic carbocycles. The van der Waals surface area contributed by atoms with Crippen LogP contribution in [0, 0.1) is 0 Å². The van der Waals surface area contributed by atoms with Crippen molar-refractivity contribution in [2.75, 3.05) is 7.11 Å². The summed E-state index contributed by atoms with van der Waals surface area (Å²) in [6.45, 7) is 0.566. The van der Waals surface area contributed by atoms with E-state index in [0.717, 1.165) is 11.3 Å². The minimum Gasteiger partial charge on any atom is -0.496 e. The van der Waals surface area contributed by atoms with Gasteiger partial charge in [0.1, 0.15) is 5.75 Å². The highest BCUT2D eigenvalue weighted by Crippen LogP contribution is 2.29. The summed E-state index contributed by atoms with van der Waals surface area (Å²) in [7, 11) is 1.70. The second-order valence-electron chi connectivity index (χ2n) is 3.49. The van der Waals surface area contributed by atoms with Crippen LogP contribution in [0.15, 0.2) is 12.1 Å². The van der Waals surface area contributed by atoms with Gasteiger partial charge >= 0.3 is 0 Å². The minimum absolute atomic E-state index is 0.566. The molecular formula is C11H15NO. The lowest BCUT2D eigenvalue weighted by Gasteiger charge is -2.09. The molecule has 2 heteroatoms. The summed E-state index contributed by atoms with van der Waals surface area (Å²) in [5.74, 6) is 0.947. The van der Waals surface area contributed by atoms with Gasteiger partial charge in [-0.2, -0.15) is 0 Å². The van der Waals surface area contributed by atoms with Gasteiger partial charge in [0.15, 0.2) is 0 Å². The lowest BCUT2D eigenvalue weighted by atomic mass is 10.1. The molecule has 0 unspecified atom stereocenters. The topological polar surface area (TPSA) is 35.2 Å². The molecule has 0 saturated heterocycles. The summed E-state index contributed by atoms with van der Waals surface area (Å²) >= 11 is 0. The highest BCUT2D eigenvalue weighted by molar-refractivity contribution is 5.44. The molecule has 2 N–H and O–H groups in total. The van der Waals surface area contributed by atoms with E-state index >= 15 is 0 Å². The van der Waals surface area contributed by atoms with Gasteiger partial charge in [-0.15, -0.1) is 0 Å². The molecule has 0 atom stereocenters. The van der Waals surface area contributed by atoms with E-state index in [9.17, 15) is 0 Å². The van der Waals surface area contributed by atoms with Crippen LogP contribution in [0.4, 0.5) is 0 Å². The van der Waals surface area contributed by atoms with Gasteiger partial charge < -0.3 is 10.5 Å². The van der Waals surface area contributed by atoms with Crippen molar-refractivity contribution in [1.82, 2.24) is 0 Å². The Bertz CT molecular complexity index is 289. The van der Waals surface area contributed by atoms with Gasteiger partial charge in [0.25, 0.3) is 0 Å². The molecule has 2 rings (SSSR count). The zero-order valence-electron chi connectivity index (χ0n) is 7.97. The number of benzene rings is 1. The largest absolute Gasteiger partial charge is 0.496 e. The number of hydrogen-bond donors (Lipinski definition) is 1. The first-order chi connectivity index (χ1) is 6.35. The van der Waals surface area contributed by atoms with Crippen LogP contribution in [0.5, 0.6) is 5.75 Å². The first-order valence-electron chi connectivity index (χ1n) is 4.74. The summed E-state index contributed by atoms with van der Waals surface area (Å²) in [6, 6.07) is 4.34. The Hall–Kier alpha value is -1.02. The third-order valence-electron chi connectivity index (χ3n) is 2.71. The third-order valence-corrected chi connectivity index (χ3v) is 2.71. The quantitative estimate of drug-likeness (QED) is 0.745. The standard InChI is InChI=1S/C11H15NO/c1-13-11-6-9-4-2-3-8(9)5-10(11)7-12/h5-6H,2-4,7,12H2,1H3. The molecule has 0 saturated carbocycles. The number of ether oxygens (including phenoxy) is 1. The third kappa shape index (κ3) is 1.42. The number of nitrogens with two attached hydrogens (primary N) is 1. The number of fused-ring (bicyclic) bond motifs is 1. The van der Waals surface area contributed by atoms with Crippen LogP contribution < -0.4 is 10.5 Å². The predicted molar refractivity (Wildman–Crippen MR) is 52.9 cm³/mol. The Balaban J connectivity index is 2.47. The van der Waals surface area contributed by atoms with Crippen molar-refractivity contribution in [3.05, 3.63) is 28.8 Å².